The first-order valence-corrected chi connectivity index (χ1v) is 7.06. The van der Waals surface area contributed by atoms with Gasteiger partial charge in [0, 0.05) is 25.2 Å². The third-order valence-corrected chi connectivity index (χ3v) is 4.44. The fourth-order valence-corrected chi connectivity index (χ4v) is 2.68. The number of primary amides is 1. The molecule has 0 aromatic carbocycles. The summed E-state index contributed by atoms with van der Waals surface area (Å²) >= 11 is 3.36. The number of aryl methyl sites for hydroxylation is 1. The summed E-state index contributed by atoms with van der Waals surface area (Å²) in [5.41, 5.74) is 6.45. The van der Waals surface area contributed by atoms with Crippen LogP contribution in [-0.4, -0.2) is 40.0 Å². The van der Waals surface area contributed by atoms with E-state index in [4.69, 9.17) is 5.73 Å². The molecular weight excluding hydrogens is 312 g/mol. The summed E-state index contributed by atoms with van der Waals surface area (Å²) in [6, 6.07) is 0. The van der Waals surface area contributed by atoms with Crippen LogP contribution in [0.3, 0.4) is 0 Å². The van der Waals surface area contributed by atoms with Crippen LogP contribution < -0.4 is 5.73 Å². The maximum absolute atomic E-state index is 12.3. The molecule has 1 aromatic rings. The van der Waals surface area contributed by atoms with E-state index in [9.17, 15) is 9.59 Å². The number of halogens is 1. The van der Waals surface area contributed by atoms with Gasteiger partial charge in [0.25, 0.3) is 5.91 Å². The number of piperidine rings is 1. The van der Waals surface area contributed by atoms with E-state index < -0.39 is 0 Å². The molecule has 0 unspecified atom stereocenters. The number of nitrogens with two attached hydrogens (primary N) is 1. The molecule has 3 N–H and O–H groups in total. The highest BCUT2D eigenvalue weighted by Crippen LogP contribution is 2.24. The lowest BCUT2D eigenvalue weighted by Gasteiger charge is -2.31. The minimum Gasteiger partial charge on any atom is -0.370 e. The number of rotatable bonds is 3. The van der Waals surface area contributed by atoms with Gasteiger partial charge in [-0.25, -0.2) is 0 Å². The van der Waals surface area contributed by atoms with E-state index in [0.29, 0.717) is 31.1 Å². The molecule has 7 heteroatoms. The van der Waals surface area contributed by atoms with Crippen molar-refractivity contribution < 1.29 is 9.59 Å². The third kappa shape index (κ3) is 3.15. The van der Waals surface area contributed by atoms with E-state index in [1.807, 2.05) is 6.92 Å². The van der Waals surface area contributed by atoms with Gasteiger partial charge in [0.15, 0.2) is 5.69 Å². The van der Waals surface area contributed by atoms with Crippen molar-refractivity contribution in [2.45, 2.75) is 26.2 Å². The third-order valence-electron chi connectivity index (χ3n) is 3.47. The number of aromatic amines is 1. The van der Waals surface area contributed by atoms with E-state index in [1.165, 1.54) is 0 Å². The molecule has 0 spiro atoms. The van der Waals surface area contributed by atoms with Crippen LogP contribution in [0.4, 0.5) is 0 Å². The highest BCUT2D eigenvalue weighted by Gasteiger charge is 2.27. The van der Waals surface area contributed by atoms with Crippen LogP contribution in [0, 0.1) is 12.8 Å². The predicted molar refractivity (Wildman–Crippen MR) is 73.5 cm³/mol. The standard InChI is InChI=1S/C12H17BrN4O2/c1-7-10(13)11(16-15-7)12(19)17-4-2-8(3-5-17)6-9(14)18/h8H,2-6H2,1H3,(H2,14,18)(H,15,16). The van der Waals surface area contributed by atoms with Crippen LogP contribution in [0.15, 0.2) is 4.47 Å². The molecule has 1 aromatic heterocycles. The van der Waals surface area contributed by atoms with Crippen LogP contribution in [0.5, 0.6) is 0 Å². The van der Waals surface area contributed by atoms with Gasteiger partial charge < -0.3 is 10.6 Å². The average Bonchev–Trinajstić information content (AvgIpc) is 2.69. The lowest BCUT2D eigenvalue weighted by molar-refractivity contribution is -0.119. The second kappa shape index (κ2) is 5.73. The number of carbonyl (C=O) groups excluding carboxylic acids is 2. The topological polar surface area (TPSA) is 92.1 Å². The van der Waals surface area contributed by atoms with E-state index in [-0.39, 0.29) is 11.8 Å². The molecule has 2 heterocycles. The average molecular weight is 329 g/mol. The Labute approximate surface area is 119 Å². The first kappa shape index (κ1) is 14.0. The number of aromatic nitrogens is 2. The van der Waals surface area contributed by atoms with Gasteiger partial charge in [-0.2, -0.15) is 5.10 Å². The van der Waals surface area contributed by atoms with E-state index >= 15 is 0 Å². The number of amides is 2. The van der Waals surface area contributed by atoms with Crippen molar-refractivity contribution in [3.63, 3.8) is 0 Å². The second-order valence-electron chi connectivity index (χ2n) is 4.92. The number of H-pyrrole nitrogens is 1. The largest absolute Gasteiger partial charge is 0.370 e. The van der Waals surface area contributed by atoms with Crippen molar-refractivity contribution in [1.29, 1.82) is 0 Å². The van der Waals surface area contributed by atoms with Gasteiger partial charge in [0.1, 0.15) is 0 Å². The van der Waals surface area contributed by atoms with Crippen LogP contribution in [0.25, 0.3) is 0 Å². The van der Waals surface area contributed by atoms with Crippen molar-refractivity contribution in [3.8, 4) is 0 Å². The molecule has 1 aliphatic heterocycles. The molecule has 6 nitrogen and oxygen atoms in total. The van der Waals surface area contributed by atoms with Crippen LogP contribution >= 0.6 is 15.9 Å². The molecule has 0 atom stereocenters. The molecule has 0 bridgehead atoms. The molecule has 19 heavy (non-hydrogen) atoms. The highest BCUT2D eigenvalue weighted by atomic mass is 79.9. The molecule has 1 saturated heterocycles. The Bertz CT molecular complexity index is 492. The second-order valence-corrected chi connectivity index (χ2v) is 5.71. The molecule has 1 aliphatic rings. The Morgan fingerprint density at radius 1 is 1.47 bits per heavy atom. The molecule has 0 aliphatic carbocycles. The lowest BCUT2D eigenvalue weighted by atomic mass is 9.93. The molecule has 0 saturated carbocycles. The first-order valence-electron chi connectivity index (χ1n) is 6.27. The van der Waals surface area contributed by atoms with Gasteiger partial charge in [-0.3, -0.25) is 14.7 Å². The molecule has 0 radical (unpaired) electrons. The Balaban J connectivity index is 1.96. The Morgan fingerprint density at radius 3 is 2.58 bits per heavy atom. The molecule has 2 amide bonds. The Kier molecular flexibility index (Phi) is 4.24. The van der Waals surface area contributed by atoms with Gasteiger partial charge in [0.05, 0.1) is 4.47 Å². The van der Waals surface area contributed by atoms with Crippen molar-refractivity contribution >= 4 is 27.7 Å². The van der Waals surface area contributed by atoms with Crippen molar-refractivity contribution in [2.75, 3.05) is 13.1 Å². The fourth-order valence-electron chi connectivity index (χ4n) is 2.33. The predicted octanol–water partition coefficient (Wildman–Crippen LogP) is 1.21. The molecule has 2 rings (SSSR count). The molecule has 104 valence electrons. The van der Waals surface area contributed by atoms with Crippen molar-refractivity contribution in [3.05, 3.63) is 15.9 Å². The van der Waals surface area contributed by atoms with E-state index in [2.05, 4.69) is 26.1 Å². The normalized spacial score (nSPS) is 16.6. The minimum absolute atomic E-state index is 0.0752. The Morgan fingerprint density at radius 2 is 2.11 bits per heavy atom. The Hall–Kier alpha value is -1.37. The summed E-state index contributed by atoms with van der Waals surface area (Å²) in [6.45, 7) is 3.15. The lowest BCUT2D eigenvalue weighted by Crippen LogP contribution is -2.39. The van der Waals surface area contributed by atoms with Crippen molar-refractivity contribution in [1.82, 2.24) is 15.1 Å². The van der Waals surface area contributed by atoms with Gasteiger partial charge in [0.2, 0.25) is 5.91 Å². The monoisotopic (exact) mass is 328 g/mol. The number of likely N-dealkylation sites (tertiary alicyclic amines) is 1. The van der Waals surface area contributed by atoms with Crippen molar-refractivity contribution in [2.24, 2.45) is 11.7 Å². The molecular formula is C12H17BrN4O2. The number of carbonyl (C=O) groups is 2. The maximum atomic E-state index is 12.3. The summed E-state index contributed by atoms with van der Waals surface area (Å²) in [5, 5.41) is 6.81. The van der Waals surface area contributed by atoms with Gasteiger partial charge >= 0.3 is 0 Å². The quantitative estimate of drug-likeness (QED) is 0.873. The summed E-state index contributed by atoms with van der Waals surface area (Å²) in [6.07, 6.45) is 2.04. The smallest absolute Gasteiger partial charge is 0.275 e. The fraction of sp³-hybridized carbons (Fsp3) is 0.583. The van der Waals surface area contributed by atoms with Crippen LogP contribution in [0.2, 0.25) is 0 Å². The minimum atomic E-state index is -0.268. The maximum Gasteiger partial charge on any atom is 0.275 e. The number of hydrogen-bond acceptors (Lipinski definition) is 3. The van der Waals surface area contributed by atoms with Gasteiger partial charge in [-0.1, -0.05) is 0 Å². The first-order chi connectivity index (χ1) is 8.99. The number of hydrogen-bond donors (Lipinski definition) is 2. The zero-order valence-electron chi connectivity index (χ0n) is 10.8. The zero-order chi connectivity index (χ0) is 14.0. The van der Waals surface area contributed by atoms with Crippen LogP contribution in [0.1, 0.15) is 35.4 Å². The number of nitrogens with one attached hydrogen (secondary N) is 1. The van der Waals surface area contributed by atoms with E-state index in [0.717, 1.165) is 23.0 Å². The highest BCUT2D eigenvalue weighted by molar-refractivity contribution is 9.10. The summed E-state index contributed by atoms with van der Waals surface area (Å²) < 4.78 is 0.719. The zero-order valence-corrected chi connectivity index (χ0v) is 12.4. The molecule has 1 fully saturated rings. The summed E-state index contributed by atoms with van der Waals surface area (Å²) in [7, 11) is 0. The number of nitrogens with zero attached hydrogens (tertiary/aromatic N) is 2. The SMILES string of the molecule is Cc1[nH]nc(C(=O)N2CCC(CC(N)=O)CC2)c1Br. The van der Waals surface area contributed by atoms with Gasteiger partial charge in [-0.05, 0) is 41.6 Å². The van der Waals surface area contributed by atoms with E-state index in [1.54, 1.807) is 4.90 Å². The summed E-state index contributed by atoms with van der Waals surface area (Å²) in [4.78, 5) is 24.9. The van der Waals surface area contributed by atoms with Crippen LogP contribution in [-0.2, 0) is 4.79 Å². The summed E-state index contributed by atoms with van der Waals surface area (Å²) in [5.74, 6) is -0.0462. The van der Waals surface area contributed by atoms with Gasteiger partial charge in [-0.15, -0.1) is 0 Å².